The summed E-state index contributed by atoms with van der Waals surface area (Å²) in [6.45, 7) is 3.50. The second kappa shape index (κ2) is 15.9. The fraction of sp³-hybridized carbons (Fsp3) is 0.622. The van der Waals surface area contributed by atoms with E-state index >= 15 is 8.78 Å². The Bertz CT molecular complexity index is 1350. The maximum atomic E-state index is 15.2. The normalized spacial score (nSPS) is 27.4. The predicted octanol–water partition coefficient (Wildman–Crippen LogP) is 11.5. The Morgan fingerprint density at radius 3 is 1.96 bits per heavy atom. The molecule has 5 rings (SSSR count). The van der Waals surface area contributed by atoms with Gasteiger partial charge in [-0.1, -0.05) is 45.4 Å². The van der Waals surface area contributed by atoms with Crippen molar-refractivity contribution in [2.24, 2.45) is 29.6 Å². The zero-order valence-corrected chi connectivity index (χ0v) is 27.2. The van der Waals surface area contributed by atoms with Gasteiger partial charge in [0.15, 0.2) is 6.29 Å². The van der Waals surface area contributed by atoms with Crippen molar-refractivity contribution in [2.75, 3.05) is 13.2 Å². The molecule has 3 nitrogen and oxygen atoms in total. The van der Waals surface area contributed by atoms with Crippen molar-refractivity contribution >= 4 is 6.08 Å². The van der Waals surface area contributed by atoms with Crippen LogP contribution in [0.15, 0.2) is 36.4 Å². The van der Waals surface area contributed by atoms with E-state index in [1.54, 1.807) is 0 Å². The van der Waals surface area contributed by atoms with Crippen molar-refractivity contribution in [1.82, 2.24) is 0 Å². The number of alkyl halides is 5. The molecule has 3 fully saturated rings. The molecule has 0 bridgehead atoms. The first-order valence-electron chi connectivity index (χ1n) is 17.2. The largest absolute Gasteiger partial charge is 0.432 e. The van der Waals surface area contributed by atoms with Crippen LogP contribution in [0, 0.1) is 47.0 Å². The fourth-order valence-corrected chi connectivity index (χ4v) is 7.55. The third-order valence-corrected chi connectivity index (χ3v) is 10.4. The number of hydrogen-bond acceptors (Lipinski definition) is 3. The summed E-state index contributed by atoms with van der Waals surface area (Å²) in [4.78, 5) is 0. The SMILES string of the molecule is CCCCCC1CCC(C2COC(C3CCC(C(F)(F)Oc4ccc(-c5cc(F)c(/C=C/C(F)(F)F)c(F)c5)c(F)c4)CC3)OC2)CC1. The highest BCUT2D eigenvalue weighted by atomic mass is 19.4. The van der Waals surface area contributed by atoms with Crippen molar-refractivity contribution in [3.63, 3.8) is 0 Å². The highest BCUT2D eigenvalue weighted by Crippen LogP contribution is 2.44. The minimum absolute atomic E-state index is 0.000150. The van der Waals surface area contributed by atoms with Crippen molar-refractivity contribution in [3.8, 4) is 16.9 Å². The number of halogens is 8. The second-order valence-corrected chi connectivity index (χ2v) is 13.7. The second-order valence-electron chi connectivity index (χ2n) is 13.7. The van der Waals surface area contributed by atoms with Crippen molar-refractivity contribution in [3.05, 3.63) is 59.4 Å². The predicted molar refractivity (Wildman–Crippen MR) is 167 cm³/mol. The quantitative estimate of drug-likeness (QED) is 0.174. The summed E-state index contributed by atoms with van der Waals surface area (Å²) < 4.78 is 129. The molecular formula is C37H44F8O3. The van der Waals surface area contributed by atoms with E-state index in [1.165, 1.54) is 51.4 Å². The minimum atomic E-state index is -4.78. The highest BCUT2D eigenvalue weighted by Gasteiger charge is 2.46. The van der Waals surface area contributed by atoms with E-state index in [2.05, 4.69) is 6.92 Å². The van der Waals surface area contributed by atoms with Crippen LogP contribution >= 0.6 is 0 Å². The van der Waals surface area contributed by atoms with Crippen LogP contribution in [-0.2, 0) is 9.47 Å². The molecule has 1 saturated heterocycles. The van der Waals surface area contributed by atoms with E-state index in [9.17, 15) is 26.3 Å². The lowest BCUT2D eigenvalue weighted by atomic mass is 9.74. The Morgan fingerprint density at radius 1 is 0.750 bits per heavy atom. The van der Waals surface area contributed by atoms with Gasteiger partial charge in [-0.15, -0.1) is 0 Å². The van der Waals surface area contributed by atoms with Crippen LogP contribution in [0.4, 0.5) is 35.1 Å². The molecule has 11 heteroatoms. The Morgan fingerprint density at radius 2 is 1.38 bits per heavy atom. The van der Waals surface area contributed by atoms with Crippen LogP contribution in [0.5, 0.6) is 5.75 Å². The van der Waals surface area contributed by atoms with Crippen LogP contribution in [0.1, 0.15) is 89.5 Å². The lowest BCUT2D eigenvalue weighted by molar-refractivity contribution is -0.251. The summed E-state index contributed by atoms with van der Waals surface area (Å²) in [7, 11) is 0. The first-order chi connectivity index (χ1) is 22.8. The highest BCUT2D eigenvalue weighted by molar-refractivity contribution is 5.68. The molecule has 2 saturated carbocycles. The Hall–Kier alpha value is -2.66. The van der Waals surface area contributed by atoms with Gasteiger partial charge in [0, 0.05) is 35.1 Å². The van der Waals surface area contributed by atoms with E-state index in [0.717, 1.165) is 18.1 Å². The Balaban J connectivity index is 1.09. The summed E-state index contributed by atoms with van der Waals surface area (Å²) in [6.07, 6.45) is 2.57. The molecule has 0 aromatic heterocycles. The van der Waals surface area contributed by atoms with Crippen LogP contribution in [-0.4, -0.2) is 31.8 Å². The van der Waals surface area contributed by atoms with Crippen LogP contribution in [0.3, 0.4) is 0 Å². The van der Waals surface area contributed by atoms with Crippen molar-refractivity contribution in [1.29, 1.82) is 0 Å². The van der Waals surface area contributed by atoms with Gasteiger partial charge in [-0.05, 0) is 86.3 Å². The van der Waals surface area contributed by atoms with Crippen molar-refractivity contribution < 1.29 is 49.3 Å². The smallest absolute Gasteiger partial charge is 0.409 e. The zero-order chi connectivity index (χ0) is 34.5. The monoisotopic (exact) mass is 688 g/mol. The number of unbranched alkanes of at least 4 members (excludes halogenated alkanes) is 2. The molecule has 0 radical (unpaired) electrons. The van der Waals surface area contributed by atoms with Crippen LogP contribution in [0.2, 0.25) is 0 Å². The average Bonchev–Trinajstić information content (AvgIpc) is 3.04. The van der Waals surface area contributed by atoms with E-state index in [1.807, 2.05) is 0 Å². The Labute approximate surface area is 277 Å². The number of hydrogen-bond donors (Lipinski definition) is 0. The third kappa shape index (κ3) is 9.52. The first kappa shape index (κ1) is 36.6. The van der Waals surface area contributed by atoms with E-state index < -0.39 is 53.3 Å². The molecule has 2 aromatic carbocycles. The van der Waals surface area contributed by atoms with E-state index in [-0.39, 0.29) is 42.0 Å². The molecule has 0 unspecified atom stereocenters. The van der Waals surface area contributed by atoms with Gasteiger partial charge in [0.1, 0.15) is 23.2 Å². The average molecular weight is 689 g/mol. The first-order valence-corrected chi connectivity index (χ1v) is 17.2. The lowest BCUT2D eigenvalue weighted by Gasteiger charge is -2.41. The summed E-state index contributed by atoms with van der Waals surface area (Å²) in [5.41, 5.74) is -1.59. The summed E-state index contributed by atoms with van der Waals surface area (Å²) in [5, 5.41) is 0. The molecule has 1 aliphatic heterocycles. The van der Waals surface area contributed by atoms with Gasteiger partial charge in [-0.2, -0.15) is 22.0 Å². The van der Waals surface area contributed by atoms with Gasteiger partial charge in [-0.25, -0.2) is 13.2 Å². The van der Waals surface area contributed by atoms with Gasteiger partial charge in [0.25, 0.3) is 0 Å². The fourth-order valence-electron chi connectivity index (χ4n) is 7.55. The minimum Gasteiger partial charge on any atom is -0.432 e. The van der Waals surface area contributed by atoms with Crippen molar-refractivity contribution in [2.45, 2.75) is 103 Å². The molecule has 48 heavy (non-hydrogen) atoms. The molecule has 0 spiro atoms. The number of allylic oxidation sites excluding steroid dienone is 1. The van der Waals surface area contributed by atoms with Gasteiger partial charge in [-0.3, -0.25) is 0 Å². The van der Waals surface area contributed by atoms with Gasteiger partial charge < -0.3 is 14.2 Å². The molecule has 1 heterocycles. The number of ether oxygens (including phenoxy) is 3. The molecule has 266 valence electrons. The molecule has 3 aliphatic rings. The maximum absolute atomic E-state index is 15.2. The lowest BCUT2D eigenvalue weighted by Crippen LogP contribution is -2.43. The Kier molecular flexibility index (Phi) is 12.1. The number of rotatable bonds is 11. The van der Waals surface area contributed by atoms with Gasteiger partial charge in [0.2, 0.25) is 0 Å². The topological polar surface area (TPSA) is 27.7 Å². The zero-order valence-electron chi connectivity index (χ0n) is 27.2. The molecule has 0 atom stereocenters. The summed E-state index contributed by atoms with van der Waals surface area (Å²) in [5.74, 6) is -3.53. The van der Waals surface area contributed by atoms with Gasteiger partial charge in [0.05, 0.1) is 19.1 Å². The summed E-state index contributed by atoms with van der Waals surface area (Å²) in [6, 6.07) is 4.13. The van der Waals surface area contributed by atoms with Crippen LogP contribution in [0.25, 0.3) is 17.2 Å². The molecular weight excluding hydrogens is 644 g/mol. The van der Waals surface area contributed by atoms with Crippen LogP contribution < -0.4 is 4.74 Å². The summed E-state index contributed by atoms with van der Waals surface area (Å²) >= 11 is 0. The van der Waals surface area contributed by atoms with E-state index in [4.69, 9.17) is 14.2 Å². The maximum Gasteiger partial charge on any atom is 0.409 e. The number of benzene rings is 2. The molecule has 2 aromatic rings. The van der Waals surface area contributed by atoms with E-state index in [0.29, 0.717) is 56.1 Å². The third-order valence-electron chi connectivity index (χ3n) is 10.4. The molecule has 2 aliphatic carbocycles. The standard InChI is InChI=1S/C37H44F8O3/c1-2-3-4-5-23-6-8-24(9-7-23)27-21-46-35(47-22-27)25-10-12-28(13-11-25)37(44,45)48-29-14-15-30(34(40)20-29)26-18-32(38)31(33(39)19-26)16-17-36(41,42)43/h14-20,23-25,27-28,35H,2-13,21-22H2,1H3/b17-16+. The molecule has 0 N–H and O–H groups in total. The molecule has 0 amide bonds. The van der Waals surface area contributed by atoms with Gasteiger partial charge >= 0.3 is 12.3 Å².